The molecule has 0 fully saturated rings. The van der Waals surface area contributed by atoms with E-state index >= 15 is 0 Å². The first-order chi connectivity index (χ1) is 5.08. The minimum absolute atomic E-state index is 0.339. The van der Waals surface area contributed by atoms with E-state index in [4.69, 9.17) is 11.6 Å². The van der Waals surface area contributed by atoms with Crippen LogP contribution in [0.15, 0.2) is 22.7 Å². The molecule has 0 radical (unpaired) electrons. The van der Waals surface area contributed by atoms with E-state index in [0.29, 0.717) is 0 Å². The molecule has 0 saturated carbocycles. The Labute approximate surface area is 86.7 Å². The summed E-state index contributed by atoms with van der Waals surface area (Å²) in [5.41, 5.74) is 0. The number of hydrogen-bond acceptors (Lipinski definition) is 1. The molecule has 0 spiro atoms. The summed E-state index contributed by atoms with van der Waals surface area (Å²) in [6.45, 7) is 0. The van der Waals surface area contributed by atoms with Gasteiger partial charge in [-0.3, -0.25) is 0 Å². The molecule has 1 nitrogen and oxygen atoms in total. The van der Waals surface area contributed by atoms with Crippen LogP contribution in [0.2, 0.25) is 0 Å². The molecule has 0 heterocycles. The minimum atomic E-state index is -0.762. The van der Waals surface area contributed by atoms with Crippen molar-refractivity contribution in [1.82, 2.24) is 0 Å². The van der Waals surface area contributed by atoms with Crippen LogP contribution in [0.4, 0.5) is 0 Å². The number of rotatable bonds is 1. The van der Waals surface area contributed by atoms with Gasteiger partial charge in [0.15, 0.2) is 0 Å². The molecular formula is C7H5Br2ClO. The zero-order valence-corrected chi connectivity index (χ0v) is 9.36. The lowest BCUT2D eigenvalue weighted by atomic mass is 10.0. The van der Waals surface area contributed by atoms with Gasteiger partial charge in [-0.25, -0.2) is 0 Å². The largest absolute Gasteiger partial charge is 0.303 e. The molecule has 1 aliphatic carbocycles. The molecule has 0 aromatic rings. The highest BCUT2D eigenvalue weighted by Gasteiger charge is 2.34. The number of carbonyl (C=O) groups excluding carboxylic acids is 1. The van der Waals surface area contributed by atoms with Gasteiger partial charge in [-0.15, -0.1) is 11.6 Å². The molecule has 0 bridgehead atoms. The zero-order valence-electron chi connectivity index (χ0n) is 5.43. The highest BCUT2D eigenvalue weighted by Crippen LogP contribution is 2.41. The first-order valence-electron chi connectivity index (χ1n) is 2.96. The molecular weight excluding hydrogens is 295 g/mol. The third-order valence-electron chi connectivity index (χ3n) is 1.42. The SMILES string of the molecule is O=CC1C(Br)=CC=CC1(Cl)Br. The van der Waals surface area contributed by atoms with Crippen LogP contribution >= 0.6 is 43.5 Å². The van der Waals surface area contributed by atoms with Gasteiger partial charge in [-0.05, 0) is 0 Å². The second kappa shape index (κ2) is 3.42. The van der Waals surface area contributed by atoms with E-state index in [0.717, 1.165) is 10.8 Å². The number of alkyl halides is 2. The van der Waals surface area contributed by atoms with Crippen molar-refractivity contribution < 1.29 is 4.79 Å². The van der Waals surface area contributed by atoms with Crippen molar-refractivity contribution in [3.05, 3.63) is 22.7 Å². The maximum absolute atomic E-state index is 10.6. The quantitative estimate of drug-likeness (QED) is 0.537. The molecule has 0 aliphatic heterocycles. The molecule has 2 unspecified atom stereocenters. The molecule has 0 N–H and O–H groups in total. The van der Waals surface area contributed by atoms with Crippen LogP contribution in [-0.2, 0) is 4.79 Å². The predicted octanol–water partition coefficient (Wildman–Crippen LogP) is 2.98. The molecule has 1 rings (SSSR count). The Balaban J connectivity index is 2.97. The van der Waals surface area contributed by atoms with E-state index in [9.17, 15) is 4.79 Å². The van der Waals surface area contributed by atoms with Crippen molar-refractivity contribution in [2.45, 2.75) is 3.78 Å². The van der Waals surface area contributed by atoms with Gasteiger partial charge in [0.1, 0.15) is 10.1 Å². The summed E-state index contributed by atoms with van der Waals surface area (Å²) in [6.07, 6.45) is 6.15. The second-order valence-electron chi connectivity index (χ2n) is 2.20. The number of allylic oxidation sites excluding steroid dienone is 4. The Morgan fingerprint density at radius 2 is 2.36 bits per heavy atom. The third kappa shape index (κ3) is 1.95. The summed E-state index contributed by atoms with van der Waals surface area (Å²) in [5, 5.41) is 0. The first-order valence-corrected chi connectivity index (χ1v) is 4.92. The van der Waals surface area contributed by atoms with Crippen molar-refractivity contribution in [2.75, 3.05) is 0 Å². The van der Waals surface area contributed by atoms with Crippen LogP contribution in [0, 0.1) is 5.92 Å². The Morgan fingerprint density at radius 1 is 1.73 bits per heavy atom. The van der Waals surface area contributed by atoms with Crippen LogP contribution in [0.1, 0.15) is 0 Å². The molecule has 0 amide bonds. The Hall–Kier alpha value is 0.400. The second-order valence-corrected chi connectivity index (χ2v) is 5.51. The Morgan fingerprint density at radius 3 is 2.73 bits per heavy atom. The van der Waals surface area contributed by atoms with E-state index in [1.165, 1.54) is 0 Å². The molecule has 0 saturated heterocycles. The van der Waals surface area contributed by atoms with Crippen LogP contribution in [0.5, 0.6) is 0 Å². The van der Waals surface area contributed by atoms with Crippen LogP contribution in [0.3, 0.4) is 0 Å². The summed E-state index contributed by atoms with van der Waals surface area (Å²) in [4.78, 5) is 10.6. The highest BCUT2D eigenvalue weighted by atomic mass is 79.9. The van der Waals surface area contributed by atoms with E-state index < -0.39 is 3.78 Å². The summed E-state index contributed by atoms with van der Waals surface area (Å²) in [5.74, 6) is -0.339. The van der Waals surface area contributed by atoms with Gasteiger partial charge in [0.2, 0.25) is 0 Å². The van der Waals surface area contributed by atoms with Crippen LogP contribution < -0.4 is 0 Å². The molecule has 60 valence electrons. The number of aldehydes is 1. The predicted molar refractivity (Wildman–Crippen MR) is 53.2 cm³/mol. The summed E-state index contributed by atoms with van der Waals surface area (Å²) in [6, 6.07) is 0. The number of hydrogen-bond donors (Lipinski definition) is 0. The van der Waals surface area contributed by atoms with Crippen LogP contribution in [0.25, 0.3) is 0 Å². The normalized spacial score (nSPS) is 36.6. The first kappa shape index (κ1) is 9.49. The maximum Gasteiger partial charge on any atom is 0.131 e. The zero-order chi connectivity index (χ0) is 8.48. The average molecular weight is 300 g/mol. The minimum Gasteiger partial charge on any atom is -0.303 e. The van der Waals surface area contributed by atoms with Gasteiger partial charge in [0.25, 0.3) is 0 Å². The van der Waals surface area contributed by atoms with Gasteiger partial charge >= 0.3 is 0 Å². The topological polar surface area (TPSA) is 17.1 Å². The lowest BCUT2D eigenvalue weighted by Gasteiger charge is -2.24. The van der Waals surface area contributed by atoms with Gasteiger partial charge in [-0.2, -0.15) is 0 Å². The van der Waals surface area contributed by atoms with E-state index in [1.807, 2.05) is 0 Å². The summed E-state index contributed by atoms with van der Waals surface area (Å²) < 4.78 is 0.0318. The Bertz CT molecular complexity index is 233. The Kier molecular flexibility index (Phi) is 2.95. The van der Waals surface area contributed by atoms with Gasteiger partial charge in [-0.1, -0.05) is 50.1 Å². The lowest BCUT2D eigenvalue weighted by molar-refractivity contribution is -0.109. The van der Waals surface area contributed by atoms with Crippen molar-refractivity contribution in [3.8, 4) is 0 Å². The lowest BCUT2D eigenvalue weighted by Crippen LogP contribution is -2.26. The van der Waals surface area contributed by atoms with Crippen LogP contribution in [-0.4, -0.2) is 10.1 Å². The van der Waals surface area contributed by atoms with Gasteiger partial charge in [0.05, 0.1) is 5.92 Å². The fraction of sp³-hybridized carbons (Fsp3) is 0.286. The molecule has 2 atom stereocenters. The van der Waals surface area contributed by atoms with E-state index in [2.05, 4.69) is 31.9 Å². The highest BCUT2D eigenvalue weighted by molar-refractivity contribution is 9.12. The van der Waals surface area contributed by atoms with Crippen molar-refractivity contribution in [1.29, 1.82) is 0 Å². The standard InChI is InChI=1S/C7H5Br2ClO/c8-6-2-1-3-7(9,10)5(6)4-11/h1-5H. The molecule has 1 aliphatic rings. The van der Waals surface area contributed by atoms with Crippen molar-refractivity contribution in [2.24, 2.45) is 5.92 Å². The van der Waals surface area contributed by atoms with E-state index in [1.54, 1.807) is 18.2 Å². The van der Waals surface area contributed by atoms with Gasteiger partial charge in [0, 0.05) is 4.48 Å². The van der Waals surface area contributed by atoms with Crippen molar-refractivity contribution >= 4 is 49.7 Å². The fourth-order valence-electron chi connectivity index (χ4n) is 0.815. The van der Waals surface area contributed by atoms with E-state index in [-0.39, 0.29) is 5.92 Å². The molecule has 11 heavy (non-hydrogen) atoms. The fourth-order valence-corrected chi connectivity index (χ4v) is 2.62. The van der Waals surface area contributed by atoms with Gasteiger partial charge < -0.3 is 4.79 Å². The molecule has 0 aromatic heterocycles. The number of halogens is 3. The summed E-state index contributed by atoms with van der Waals surface area (Å²) in [7, 11) is 0. The molecule has 4 heteroatoms. The third-order valence-corrected chi connectivity index (χ3v) is 3.30. The maximum atomic E-state index is 10.6. The average Bonchev–Trinajstić information content (AvgIpc) is 1.86. The van der Waals surface area contributed by atoms with Crippen molar-refractivity contribution in [3.63, 3.8) is 0 Å². The number of carbonyl (C=O) groups is 1. The smallest absolute Gasteiger partial charge is 0.131 e. The molecule has 0 aromatic carbocycles. The summed E-state index contributed by atoms with van der Waals surface area (Å²) >= 11 is 12.5. The monoisotopic (exact) mass is 298 g/mol.